The van der Waals surface area contributed by atoms with Crippen LogP contribution in [0, 0.1) is 10.1 Å². The Hall–Kier alpha value is -4.83. The van der Waals surface area contributed by atoms with Gasteiger partial charge in [-0.25, -0.2) is 9.79 Å². The first-order valence-corrected chi connectivity index (χ1v) is 12.9. The third-order valence-electron chi connectivity index (χ3n) is 6.18. The molecule has 196 valence electrons. The lowest BCUT2D eigenvalue weighted by atomic mass is 9.93. The number of fused-ring (bicyclic) bond motifs is 1. The molecule has 0 fully saturated rings. The number of hydrogen-bond acceptors (Lipinski definition) is 8. The summed E-state index contributed by atoms with van der Waals surface area (Å²) < 4.78 is 12.8. The van der Waals surface area contributed by atoms with Gasteiger partial charge in [0.1, 0.15) is 5.75 Å². The van der Waals surface area contributed by atoms with Crippen molar-refractivity contribution in [1.29, 1.82) is 0 Å². The van der Waals surface area contributed by atoms with Crippen LogP contribution in [0.1, 0.15) is 29.7 Å². The average Bonchev–Trinajstić information content (AvgIpc) is 3.27. The Morgan fingerprint density at radius 3 is 2.51 bits per heavy atom. The minimum atomic E-state index is -0.829. The summed E-state index contributed by atoms with van der Waals surface area (Å²) >= 11 is 1.18. The molecular formula is C29H23N3O6S. The lowest BCUT2D eigenvalue weighted by Gasteiger charge is -2.26. The molecule has 1 aliphatic rings. The van der Waals surface area contributed by atoms with Gasteiger partial charge in [-0.1, -0.05) is 53.8 Å². The van der Waals surface area contributed by atoms with Crippen LogP contribution in [-0.4, -0.2) is 29.2 Å². The number of non-ortho nitro benzene ring substituents is 1. The minimum Gasteiger partial charge on any atom is -0.497 e. The van der Waals surface area contributed by atoms with Crippen LogP contribution >= 0.6 is 11.3 Å². The number of nitro benzene ring substituents is 1. The van der Waals surface area contributed by atoms with E-state index in [1.807, 2.05) is 36.4 Å². The highest BCUT2D eigenvalue weighted by atomic mass is 32.1. The summed E-state index contributed by atoms with van der Waals surface area (Å²) in [6, 6.07) is 21.6. The van der Waals surface area contributed by atoms with Gasteiger partial charge in [0.15, 0.2) is 4.80 Å². The zero-order valence-electron chi connectivity index (χ0n) is 21.1. The Morgan fingerprint density at radius 2 is 1.85 bits per heavy atom. The molecule has 9 nitrogen and oxygen atoms in total. The van der Waals surface area contributed by atoms with Crippen LogP contribution < -0.4 is 19.6 Å². The predicted molar refractivity (Wildman–Crippen MR) is 147 cm³/mol. The first kappa shape index (κ1) is 25.8. The van der Waals surface area contributed by atoms with E-state index in [2.05, 4.69) is 0 Å². The maximum Gasteiger partial charge on any atom is 0.338 e. The maximum absolute atomic E-state index is 13.9. The van der Waals surface area contributed by atoms with Crippen molar-refractivity contribution in [2.24, 2.45) is 4.99 Å². The molecule has 5 rings (SSSR count). The quantitative estimate of drug-likeness (QED) is 0.200. The van der Waals surface area contributed by atoms with Crippen LogP contribution in [0.25, 0.3) is 11.8 Å². The van der Waals surface area contributed by atoms with Gasteiger partial charge >= 0.3 is 5.97 Å². The van der Waals surface area contributed by atoms with E-state index in [-0.39, 0.29) is 23.4 Å². The molecule has 0 amide bonds. The fourth-order valence-electron chi connectivity index (χ4n) is 4.41. The van der Waals surface area contributed by atoms with Crippen LogP contribution in [0.3, 0.4) is 0 Å². The fraction of sp³-hybridized carbons (Fsp3) is 0.138. The van der Waals surface area contributed by atoms with E-state index in [4.69, 9.17) is 14.5 Å². The highest BCUT2D eigenvalue weighted by molar-refractivity contribution is 7.07. The van der Waals surface area contributed by atoms with Gasteiger partial charge in [-0.3, -0.25) is 19.5 Å². The Labute approximate surface area is 226 Å². The van der Waals surface area contributed by atoms with Crippen molar-refractivity contribution in [1.82, 2.24) is 4.57 Å². The molecule has 3 aromatic carbocycles. The number of methoxy groups -OCH3 is 1. The molecule has 1 atom stereocenters. The molecule has 0 N–H and O–H groups in total. The molecule has 0 aliphatic carbocycles. The number of thiazole rings is 1. The van der Waals surface area contributed by atoms with Crippen LogP contribution in [0.4, 0.5) is 5.69 Å². The largest absolute Gasteiger partial charge is 0.497 e. The highest BCUT2D eigenvalue weighted by Gasteiger charge is 2.35. The summed E-state index contributed by atoms with van der Waals surface area (Å²) in [6.07, 6.45) is 1.66. The van der Waals surface area contributed by atoms with E-state index >= 15 is 0 Å². The number of carbonyl (C=O) groups is 1. The molecule has 39 heavy (non-hydrogen) atoms. The average molecular weight is 542 g/mol. The van der Waals surface area contributed by atoms with E-state index in [1.165, 1.54) is 28.0 Å². The third-order valence-corrected chi connectivity index (χ3v) is 7.17. The van der Waals surface area contributed by atoms with Crippen molar-refractivity contribution in [3.63, 3.8) is 0 Å². The number of esters is 1. The molecule has 0 bridgehead atoms. The molecule has 4 aromatic rings. The van der Waals surface area contributed by atoms with Crippen molar-refractivity contribution >= 4 is 34.8 Å². The van der Waals surface area contributed by atoms with Gasteiger partial charge in [0, 0.05) is 17.7 Å². The third kappa shape index (κ3) is 5.01. The number of aromatic nitrogens is 1. The molecule has 1 aliphatic heterocycles. The second-order valence-corrected chi connectivity index (χ2v) is 9.57. The van der Waals surface area contributed by atoms with Crippen molar-refractivity contribution in [2.75, 3.05) is 13.7 Å². The standard InChI is InChI=1S/C29H23N3O6S/c1-3-38-28(34)24-25(19-8-5-4-6-9-19)30-29-31(26(24)20-10-7-11-22(17-20)37-2)27(33)23(39-29)16-18-12-14-21(15-13-18)32(35)36/h4-17,26H,3H2,1-2H3/b23-16-/t26-/m0/s1. The van der Waals surface area contributed by atoms with E-state index in [0.29, 0.717) is 37.5 Å². The molecule has 0 saturated heterocycles. The summed E-state index contributed by atoms with van der Waals surface area (Å²) in [5, 5.41) is 11.0. The number of carbonyl (C=O) groups excluding carboxylic acids is 1. The molecule has 1 aromatic heterocycles. The number of hydrogen-bond donors (Lipinski definition) is 0. The zero-order valence-corrected chi connectivity index (χ0v) is 21.9. The Kier molecular flexibility index (Phi) is 7.20. The molecule has 0 unspecified atom stereocenters. The number of ether oxygens (including phenoxy) is 2. The van der Waals surface area contributed by atoms with Gasteiger partial charge in [-0.05, 0) is 48.4 Å². The highest BCUT2D eigenvalue weighted by Crippen LogP contribution is 2.36. The number of rotatable bonds is 7. The van der Waals surface area contributed by atoms with Crippen molar-refractivity contribution in [2.45, 2.75) is 13.0 Å². The lowest BCUT2D eigenvalue weighted by Crippen LogP contribution is -2.40. The molecule has 10 heteroatoms. The predicted octanol–water partition coefficient (Wildman–Crippen LogP) is 3.85. The molecule has 2 heterocycles. The second-order valence-electron chi connectivity index (χ2n) is 8.56. The first-order valence-electron chi connectivity index (χ1n) is 12.1. The van der Waals surface area contributed by atoms with Gasteiger partial charge < -0.3 is 9.47 Å². The SMILES string of the molecule is CCOC(=O)C1=C(c2ccccc2)N=c2s/c(=C\c3ccc([N+](=O)[O-])cc3)c(=O)n2[C@H]1c1cccc(OC)c1. The van der Waals surface area contributed by atoms with Crippen LogP contribution in [0.15, 0.2) is 94.2 Å². The van der Waals surface area contributed by atoms with Gasteiger partial charge in [-0.15, -0.1) is 0 Å². The van der Waals surface area contributed by atoms with Crippen LogP contribution in [0.2, 0.25) is 0 Å². The normalized spacial score (nSPS) is 14.9. The fourth-order valence-corrected chi connectivity index (χ4v) is 5.41. The number of benzene rings is 3. The summed E-state index contributed by atoms with van der Waals surface area (Å²) in [7, 11) is 1.55. The summed E-state index contributed by atoms with van der Waals surface area (Å²) in [5.74, 6) is -0.000418. The summed E-state index contributed by atoms with van der Waals surface area (Å²) in [6.45, 7) is 1.88. The summed E-state index contributed by atoms with van der Waals surface area (Å²) in [5.41, 5.74) is 2.26. The van der Waals surface area contributed by atoms with Crippen molar-refractivity contribution in [3.8, 4) is 5.75 Å². The molecule has 0 radical (unpaired) electrons. The van der Waals surface area contributed by atoms with E-state index in [0.717, 1.165) is 0 Å². The second kappa shape index (κ2) is 10.9. The van der Waals surface area contributed by atoms with Crippen LogP contribution in [0.5, 0.6) is 5.75 Å². The van der Waals surface area contributed by atoms with Crippen LogP contribution in [-0.2, 0) is 9.53 Å². The monoisotopic (exact) mass is 541 g/mol. The Balaban J connectivity index is 1.80. The Bertz CT molecular complexity index is 1770. The van der Waals surface area contributed by atoms with Gasteiger partial charge in [0.2, 0.25) is 0 Å². The van der Waals surface area contributed by atoms with Gasteiger partial charge in [-0.2, -0.15) is 0 Å². The van der Waals surface area contributed by atoms with E-state index in [1.54, 1.807) is 50.4 Å². The topological polar surface area (TPSA) is 113 Å². The number of nitro groups is 1. The van der Waals surface area contributed by atoms with Gasteiger partial charge in [0.25, 0.3) is 11.2 Å². The minimum absolute atomic E-state index is 0.0433. The maximum atomic E-state index is 13.9. The van der Waals surface area contributed by atoms with E-state index in [9.17, 15) is 19.7 Å². The number of nitrogens with zero attached hydrogens (tertiary/aromatic N) is 3. The molecular weight excluding hydrogens is 518 g/mol. The molecule has 0 saturated carbocycles. The summed E-state index contributed by atoms with van der Waals surface area (Å²) in [4.78, 5) is 43.1. The molecule has 0 spiro atoms. The first-order chi connectivity index (χ1) is 18.9. The lowest BCUT2D eigenvalue weighted by molar-refractivity contribution is -0.384. The van der Waals surface area contributed by atoms with Crippen molar-refractivity contribution in [3.05, 3.63) is 131 Å². The van der Waals surface area contributed by atoms with Gasteiger partial charge in [0.05, 0.1) is 40.5 Å². The zero-order chi connectivity index (χ0) is 27.5. The van der Waals surface area contributed by atoms with E-state index < -0.39 is 16.9 Å². The Morgan fingerprint density at radius 1 is 1.10 bits per heavy atom. The smallest absolute Gasteiger partial charge is 0.338 e. The van der Waals surface area contributed by atoms with Crippen molar-refractivity contribution < 1.29 is 19.2 Å².